The van der Waals surface area contributed by atoms with Gasteiger partial charge in [0, 0.05) is 12.8 Å². The second-order valence-corrected chi connectivity index (χ2v) is 22.9. The van der Waals surface area contributed by atoms with Crippen molar-refractivity contribution in [1.82, 2.24) is 5.32 Å². The minimum atomic E-state index is -4.72. The molecule has 3 unspecified atom stereocenters. The first-order chi connectivity index (χ1) is 35.9. The number of nitrogens with one attached hydrogen (secondary N) is 1. The van der Waals surface area contributed by atoms with Gasteiger partial charge in [0.05, 0.1) is 33.8 Å². The average molecular weight is 1060 g/mol. The second kappa shape index (κ2) is 53.6. The zero-order chi connectivity index (χ0) is 54.3. The van der Waals surface area contributed by atoms with E-state index in [0.717, 1.165) is 83.5 Å². The van der Waals surface area contributed by atoms with Crippen LogP contribution in [-0.2, 0) is 27.9 Å². The summed E-state index contributed by atoms with van der Waals surface area (Å²) in [4.78, 5) is 39.9. The van der Waals surface area contributed by atoms with Crippen LogP contribution in [-0.4, -0.2) is 69.4 Å². The highest BCUT2D eigenvalue weighted by Gasteiger charge is 2.27. The van der Waals surface area contributed by atoms with Gasteiger partial charge in [0.25, 0.3) is 7.82 Å². The van der Waals surface area contributed by atoms with Crippen LogP contribution in [0.5, 0.6) is 0 Å². The lowest BCUT2D eigenvalue weighted by atomic mass is 10.0. The molecule has 74 heavy (non-hydrogen) atoms. The molecule has 428 valence electrons. The van der Waals surface area contributed by atoms with Gasteiger partial charge in [-0.25, -0.2) is 0 Å². The van der Waals surface area contributed by atoms with Crippen molar-refractivity contribution < 1.29 is 37.3 Å². The van der Waals surface area contributed by atoms with E-state index in [2.05, 4.69) is 99.0 Å². The van der Waals surface area contributed by atoms with Crippen molar-refractivity contribution in [2.24, 2.45) is 0 Å². The van der Waals surface area contributed by atoms with E-state index >= 15 is 0 Å². The van der Waals surface area contributed by atoms with E-state index in [1.165, 1.54) is 135 Å². The Morgan fingerprint density at radius 2 is 0.838 bits per heavy atom. The SMILES string of the molecule is CCCCC/C=C\C/C=C\C/C=C\C/C=C\CCCC(=O)NC(COP(=O)([O-])OCC[N+](C)(C)C)C(/C=C/CCCCCCCCCCCC)OC(=O)CCCCCCCCCCC/C=C\C/C=C\CCCCC. The van der Waals surface area contributed by atoms with Crippen LogP contribution in [0.15, 0.2) is 85.1 Å². The van der Waals surface area contributed by atoms with Crippen LogP contribution in [0.2, 0.25) is 0 Å². The first kappa shape index (κ1) is 71.2. The van der Waals surface area contributed by atoms with Crippen LogP contribution in [0.3, 0.4) is 0 Å². The fourth-order valence-electron chi connectivity index (χ4n) is 8.31. The second-order valence-electron chi connectivity index (χ2n) is 21.5. The van der Waals surface area contributed by atoms with Crippen LogP contribution in [0.4, 0.5) is 0 Å². The Bertz CT molecular complexity index is 1540. The highest BCUT2D eigenvalue weighted by molar-refractivity contribution is 7.45. The average Bonchev–Trinajstić information content (AvgIpc) is 3.36. The molecule has 0 saturated carbocycles. The number of phosphoric acid groups is 1. The van der Waals surface area contributed by atoms with Gasteiger partial charge in [-0.1, -0.05) is 228 Å². The highest BCUT2D eigenvalue weighted by Crippen LogP contribution is 2.38. The normalized spacial score (nSPS) is 14.3. The van der Waals surface area contributed by atoms with Crippen molar-refractivity contribution in [1.29, 1.82) is 0 Å². The standard InChI is InChI=1S/C64H115N2O7P/c1-7-10-13-16-19-22-25-28-30-32-33-35-37-39-42-45-48-51-54-57-64(68)73-62(55-52-49-46-43-40-27-24-21-18-15-12-9-3)61(60-72-74(69,70)71-59-58-66(4,5)6)65-63(67)56-53-50-47-44-41-38-36-34-31-29-26-23-20-17-14-11-8-2/h19-20,22-23,28-31,36,38,44,47,52,55,61-62H,7-18,21,24-27,32-35,37,39-43,45-46,48-51,53-54,56-60H2,1-6H3,(H-,65,67,69,70)/b22-19-,23-20-,30-28-,31-29-,38-36-,47-44-,55-52+. The van der Waals surface area contributed by atoms with E-state index in [1.54, 1.807) is 0 Å². The maximum atomic E-state index is 13.5. The molecule has 0 fully saturated rings. The summed E-state index contributed by atoms with van der Waals surface area (Å²) < 4.78 is 30.2. The third-order valence-electron chi connectivity index (χ3n) is 13.0. The van der Waals surface area contributed by atoms with Crippen LogP contribution < -0.4 is 10.2 Å². The summed E-state index contributed by atoms with van der Waals surface area (Å²) in [7, 11) is 1.14. The van der Waals surface area contributed by atoms with Gasteiger partial charge >= 0.3 is 5.97 Å². The topological polar surface area (TPSA) is 114 Å². The van der Waals surface area contributed by atoms with Crippen molar-refractivity contribution in [2.75, 3.05) is 40.9 Å². The Morgan fingerprint density at radius 3 is 1.28 bits per heavy atom. The van der Waals surface area contributed by atoms with Gasteiger partial charge in [0.1, 0.15) is 19.3 Å². The van der Waals surface area contributed by atoms with Gasteiger partial charge in [-0.2, -0.15) is 0 Å². The van der Waals surface area contributed by atoms with Crippen LogP contribution >= 0.6 is 7.82 Å². The van der Waals surface area contributed by atoms with Crippen LogP contribution in [0.1, 0.15) is 258 Å². The zero-order valence-corrected chi connectivity index (χ0v) is 49.7. The molecule has 0 saturated heterocycles. The van der Waals surface area contributed by atoms with Crippen LogP contribution in [0, 0.1) is 0 Å². The van der Waals surface area contributed by atoms with Gasteiger partial charge in [0.15, 0.2) is 0 Å². The third kappa shape index (κ3) is 54.0. The van der Waals surface area contributed by atoms with Crippen molar-refractivity contribution >= 4 is 19.7 Å². The number of allylic oxidation sites excluding steroid dienone is 13. The number of hydrogen-bond donors (Lipinski definition) is 1. The lowest BCUT2D eigenvalue weighted by Gasteiger charge is -2.30. The molecule has 0 rings (SSSR count). The molecule has 3 atom stereocenters. The number of nitrogens with zero attached hydrogens (tertiary/aromatic N) is 1. The summed E-state index contributed by atoms with van der Waals surface area (Å²) in [6.07, 6.45) is 69.8. The van der Waals surface area contributed by atoms with E-state index in [4.69, 9.17) is 13.8 Å². The van der Waals surface area contributed by atoms with Gasteiger partial charge in [0.2, 0.25) is 5.91 Å². The van der Waals surface area contributed by atoms with E-state index in [1.807, 2.05) is 33.3 Å². The number of hydrogen-bond acceptors (Lipinski definition) is 7. The summed E-state index contributed by atoms with van der Waals surface area (Å²) in [5, 5.41) is 2.99. The summed E-state index contributed by atoms with van der Waals surface area (Å²) in [6, 6.07) is -0.922. The molecule has 0 aromatic rings. The number of carbonyl (C=O) groups excluding carboxylic acids is 2. The number of likely N-dealkylation sites (N-methyl/N-ethyl adjacent to an activating group) is 1. The third-order valence-corrected chi connectivity index (χ3v) is 14.0. The number of ether oxygens (including phenoxy) is 1. The summed E-state index contributed by atoms with van der Waals surface area (Å²) in [5.41, 5.74) is 0. The molecule has 0 aliphatic rings. The number of rotatable bonds is 54. The molecule has 10 heteroatoms. The molecule has 0 spiro atoms. The monoisotopic (exact) mass is 1050 g/mol. The number of amides is 1. The highest BCUT2D eigenvalue weighted by atomic mass is 31.2. The Balaban J connectivity index is 5.37. The molecule has 0 radical (unpaired) electrons. The Morgan fingerprint density at radius 1 is 0.473 bits per heavy atom. The summed E-state index contributed by atoms with van der Waals surface area (Å²) >= 11 is 0. The van der Waals surface area contributed by atoms with Gasteiger partial charge in [-0.05, 0) is 102 Å². The Labute approximate surface area is 456 Å². The number of esters is 1. The van der Waals surface area contributed by atoms with Crippen molar-refractivity contribution in [3.05, 3.63) is 85.1 Å². The molecule has 0 aliphatic carbocycles. The zero-order valence-electron chi connectivity index (χ0n) is 48.8. The largest absolute Gasteiger partial charge is 0.756 e. The number of carbonyl (C=O) groups is 2. The lowest BCUT2D eigenvalue weighted by molar-refractivity contribution is -0.870. The fourth-order valence-corrected chi connectivity index (χ4v) is 9.03. The molecule has 0 aromatic heterocycles. The maximum absolute atomic E-state index is 13.5. The first-order valence-corrected chi connectivity index (χ1v) is 31.9. The molecular weight excluding hydrogens is 940 g/mol. The molecule has 0 aliphatic heterocycles. The van der Waals surface area contributed by atoms with E-state index in [-0.39, 0.29) is 31.3 Å². The van der Waals surface area contributed by atoms with E-state index in [9.17, 15) is 19.0 Å². The molecule has 1 amide bonds. The smallest absolute Gasteiger partial charge is 0.306 e. The molecule has 1 N–H and O–H groups in total. The number of phosphoric ester groups is 1. The quantitative estimate of drug-likeness (QED) is 0.0212. The minimum Gasteiger partial charge on any atom is -0.756 e. The Kier molecular flexibility index (Phi) is 51.5. The molecular formula is C64H115N2O7P. The molecule has 0 heterocycles. The number of quaternary nitrogens is 1. The van der Waals surface area contributed by atoms with Crippen molar-refractivity contribution in [3.8, 4) is 0 Å². The van der Waals surface area contributed by atoms with Crippen molar-refractivity contribution in [3.63, 3.8) is 0 Å². The van der Waals surface area contributed by atoms with Crippen LogP contribution in [0.25, 0.3) is 0 Å². The molecule has 0 aromatic carbocycles. The summed E-state index contributed by atoms with van der Waals surface area (Å²) in [5.74, 6) is -0.612. The van der Waals surface area contributed by atoms with Gasteiger partial charge in [-0.15, -0.1) is 0 Å². The van der Waals surface area contributed by atoms with Crippen molar-refractivity contribution in [2.45, 2.75) is 270 Å². The first-order valence-electron chi connectivity index (χ1n) is 30.4. The van der Waals surface area contributed by atoms with Gasteiger partial charge in [-0.3, -0.25) is 14.2 Å². The van der Waals surface area contributed by atoms with Gasteiger partial charge < -0.3 is 28.5 Å². The lowest BCUT2D eigenvalue weighted by Crippen LogP contribution is -2.47. The van der Waals surface area contributed by atoms with E-state index < -0.39 is 26.6 Å². The predicted molar refractivity (Wildman–Crippen MR) is 316 cm³/mol. The summed E-state index contributed by atoms with van der Waals surface area (Å²) in [6.45, 7) is 6.74. The number of unbranched alkanes of at least 4 members (excludes halogenated alkanes) is 26. The molecule has 0 bridgehead atoms. The fraction of sp³-hybridized carbons (Fsp3) is 0.750. The van der Waals surface area contributed by atoms with E-state index in [0.29, 0.717) is 17.4 Å². The predicted octanol–water partition coefficient (Wildman–Crippen LogP) is 18.0. The minimum absolute atomic E-state index is 0.0362. The molecule has 9 nitrogen and oxygen atoms in total. The Hall–Kier alpha value is -2.81. The maximum Gasteiger partial charge on any atom is 0.306 e.